The molecule has 0 saturated heterocycles. The van der Waals surface area contributed by atoms with Crippen molar-refractivity contribution in [1.29, 1.82) is 0 Å². The van der Waals surface area contributed by atoms with E-state index in [4.69, 9.17) is 0 Å². The molecule has 2 heteroatoms. The molecule has 20 heavy (non-hydrogen) atoms. The summed E-state index contributed by atoms with van der Waals surface area (Å²) < 4.78 is 0. The molecule has 106 valence electrons. The molecule has 2 aromatic rings. The molecule has 0 bridgehead atoms. The Morgan fingerprint density at radius 2 is 1.60 bits per heavy atom. The fourth-order valence-electron chi connectivity index (χ4n) is 2.41. The summed E-state index contributed by atoms with van der Waals surface area (Å²) in [6.45, 7) is 4.33. The van der Waals surface area contributed by atoms with Gasteiger partial charge in [-0.05, 0) is 36.1 Å². The average molecular weight is 269 g/mol. The second-order valence-corrected chi connectivity index (χ2v) is 5.49. The Morgan fingerprint density at radius 1 is 0.950 bits per heavy atom. The minimum absolute atomic E-state index is 0.316. The topological polar surface area (TPSA) is 32.3 Å². The van der Waals surface area contributed by atoms with Gasteiger partial charge in [0.2, 0.25) is 0 Å². The Labute approximate surface area is 121 Å². The smallest absolute Gasteiger partial charge is 0.115 e. The van der Waals surface area contributed by atoms with Crippen molar-refractivity contribution in [3.8, 4) is 5.75 Å². The lowest BCUT2D eigenvalue weighted by Crippen LogP contribution is -2.28. The minimum atomic E-state index is 0.316. The van der Waals surface area contributed by atoms with Gasteiger partial charge in [0, 0.05) is 12.1 Å². The summed E-state index contributed by atoms with van der Waals surface area (Å²) in [5.74, 6) is 0.320. The molecule has 0 radical (unpaired) electrons. The molecule has 2 aromatic carbocycles. The molecule has 2 rings (SSSR count). The molecular formula is C18H23NO. The van der Waals surface area contributed by atoms with Crippen molar-refractivity contribution in [3.05, 3.63) is 65.7 Å². The summed E-state index contributed by atoms with van der Waals surface area (Å²) >= 11 is 0. The van der Waals surface area contributed by atoms with Crippen LogP contribution in [0.4, 0.5) is 0 Å². The minimum Gasteiger partial charge on any atom is -0.508 e. The molecule has 2 N–H and O–H groups in total. The van der Waals surface area contributed by atoms with Crippen LogP contribution in [-0.4, -0.2) is 11.1 Å². The van der Waals surface area contributed by atoms with Crippen LogP contribution < -0.4 is 5.32 Å². The van der Waals surface area contributed by atoms with Crippen LogP contribution in [0, 0.1) is 0 Å². The van der Waals surface area contributed by atoms with Crippen molar-refractivity contribution < 1.29 is 5.11 Å². The third kappa shape index (κ3) is 4.39. The first-order valence-electron chi connectivity index (χ1n) is 7.24. The maximum atomic E-state index is 9.41. The van der Waals surface area contributed by atoms with Crippen LogP contribution in [0.3, 0.4) is 0 Å². The number of benzene rings is 2. The lowest BCUT2D eigenvalue weighted by atomic mass is 9.98. The Bertz CT molecular complexity index is 505. The largest absolute Gasteiger partial charge is 0.508 e. The molecule has 1 atom stereocenters. The van der Waals surface area contributed by atoms with E-state index in [1.807, 2.05) is 18.2 Å². The lowest BCUT2D eigenvalue weighted by Gasteiger charge is -2.22. The number of aryl methyl sites for hydroxylation is 1. The standard InChI is InChI=1S/C18H23NO/c1-14(2)19-18(16-9-11-17(20)12-10-16)13-8-15-6-4-3-5-7-15/h3-7,9-12,14,18-20H,8,13H2,1-2H3. The van der Waals surface area contributed by atoms with Crippen molar-refractivity contribution in [2.75, 3.05) is 0 Å². The summed E-state index contributed by atoms with van der Waals surface area (Å²) in [5, 5.41) is 13.0. The van der Waals surface area contributed by atoms with Crippen molar-refractivity contribution in [3.63, 3.8) is 0 Å². The van der Waals surface area contributed by atoms with E-state index in [1.54, 1.807) is 12.1 Å². The Morgan fingerprint density at radius 3 is 2.20 bits per heavy atom. The molecule has 0 aromatic heterocycles. The zero-order valence-corrected chi connectivity index (χ0v) is 12.2. The van der Waals surface area contributed by atoms with Gasteiger partial charge in [0.05, 0.1) is 0 Å². The van der Waals surface area contributed by atoms with Gasteiger partial charge >= 0.3 is 0 Å². The normalized spacial score (nSPS) is 12.6. The van der Waals surface area contributed by atoms with E-state index < -0.39 is 0 Å². The predicted octanol–water partition coefficient (Wildman–Crippen LogP) is 4.06. The van der Waals surface area contributed by atoms with Crippen molar-refractivity contribution in [1.82, 2.24) is 5.32 Å². The molecule has 2 nitrogen and oxygen atoms in total. The number of aromatic hydroxyl groups is 1. The number of hydrogen-bond acceptors (Lipinski definition) is 2. The van der Waals surface area contributed by atoms with Gasteiger partial charge in [-0.1, -0.05) is 56.3 Å². The van der Waals surface area contributed by atoms with Crippen molar-refractivity contribution in [2.24, 2.45) is 0 Å². The maximum Gasteiger partial charge on any atom is 0.115 e. The summed E-state index contributed by atoms with van der Waals surface area (Å²) in [7, 11) is 0. The van der Waals surface area contributed by atoms with Crippen molar-refractivity contribution >= 4 is 0 Å². The average Bonchev–Trinajstić information content (AvgIpc) is 2.45. The summed E-state index contributed by atoms with van der Waals surface area (Å²) in [5.41, 5.74) is 2.59. The summed E-state index contributed by atoms with van der Waals surface area (Å²) in [4.78, 5) is 0. The Balaban J connectivity index is 2.05. The quantitative estimate of drug-likeness (QED) is 0.828. The Kier molecular flexibility index (Phi) is 5.19. The second kappa shape index (κ2) is 7.11. The van der Waals surface area contributed by atoms with Gasteiger partial charge in [-0.3, -0.25) is 0 Å². The van der Waals surface area contributed by atoms with Crippen LogP contribution in [-0.2, 0) is 6.42 Å². The van der Waals surface area contributed by atoms with Crippen molar-refractivity contribution in [2.45, 2.75) is 38.8 Å². The zero-order chi connectivity index (χ0) is 14.4. The molecule has 0 aliphatic heterocycles. The van der Waals surface area contributed by atoms with Gasteiger partial charge in [-0.25, -0.2) is 0 Å². The summed E-state index contributed by atoms with van der Waals surface area (Å²) in [6.07, 6.45) is 2.10. The van der Waals surface area contributed by atoms with Crippen LogP contribution in [0.2, 0.25) is 0 Å². The number of phenolic OH excluding ortho intramolecular Hbond substituents is 1. The third-order valence-electron chi connectivity index (χ3n) is 3.39. The number of hydrogen-bond donors (Lipinski definition) is 2. The molecule has 0 heterocycles. The monoisotopic (exact) mass is 269 g/mol. The van der Waals surface area contributed by atoms with E-state index in [0.29, 0.717) is 17.8 Å². The fourth-order valence-corrected chi connectivity index (χ4v) is 2.41. The van der Waals surface area contributed by atoms with E-state index in [9.17, 15) is 5.11 Å². The van der Waals surface area contributed by atoms with Gasteiger partial charge in [0.25, 0.3) is 0 Å². The molecule has 0 saturated carbocycles. The number of nitrogens with one attached hydrogen (secondary N) is 1. The van der Waals surface area contributed by atoms with E-state index in [0.717, 1.165) is 12.8 Å². The van der Waals surface area contributed by atoms with E-state index >= 15 is 0 Å². The van der Waals surface area contributed by atoms with Gasteiger partial charge in [0.1, 0.15) is 5.75 Å². The molecule has 0 amide bonds. The van der Waals surface area contributed by atoms with Crippen LogP contribution in [0.5, 0.6) is 5.75 Å². The third-order valence-corrected chi connectivity index (χ3v) is 3.39. The molecule has 1 unspecified atom stereocenters. The first-order valence-corrected chi connectivity index (χ1v) is 7.24. The highest BCUT2D eigenvalue weighted by atomic mass is 16.3. The molecule has 0 spiro atoms. The molecule has 0 fully saturated rings. The van der Waals surface area contributed by atoms with Crippen LogP contribution >= 0.6 is 0 Å². The first-order chi connectivity index (χ1) is 9.65. The fraction of sp³-hybridized carbons (Fsp3) is 0.333. The number of phenols is 1. The van der Waals surface area contributed by atoms with E-state index in [-0.39, 0.29) is 0 Å². The summed E-state index contributed by atoms with van der Waals surface area (Å²) in [6, 6.07) is 18.8. The molecule has 0 aliphatic rings. The van der Waals surface area contributed by atoms with Crippen LogP contribution in [0.25, 0.3) is 0 Å². The lowest BCUT2D eigenvalue weighted by molar-refractivity contribution is 0.449. The van der Waals surface area contributed by atoms with Gasteiger partial charge in [0.15, 0.2) is 0 Å². The van der Waals surface area contributed by atoms with E-state index in [2.05, 4.69) is 43.4 Å². The predicted molar refractivity (Wildman–Crippen MR) is 83.9 cm³/mol. The van der Waals surface area contributed by atoms with Crippen LogP contribution in [0.15, 0.2) is 54.6 Å². The maximum absolute atomic E-state index is 9.41. The van der Waals surface area contributed by atoms with Gasteiger partial charge in [-0.15, -0.1) is 0 Å². The number of rotatable bonds is 6. The highest BCUT2D eigenvalue weighted by molar-refractivity contribution is 5.28. The Hall–Kier alpha value is -1.80. The van der Waals surface area contributed by atoms with Crippen LogP contribution in [0.1, 0.15) is 37.4 Å². The highest BCUT2D eigenvalue weighted by Crippen LogP contribution is 2.22. The zero-order valence-electron chi connectivity index (χ0n) is 12.2. The highest BCUT2D eigenvalue weighted by Gasteiger charge is 2.12. The SMILES string of the molecule is CC(C)NC(CCc1ccccc1)c1ccc(O)cc1. The van der Waals surface area contributed by atoms with Gasteiger partial charge < -0.3 is 10.4 Å². The van der Waals surface area contributed by atoms with E-state index in [1.165, 1.54) is 11.1 Å². The first kappa shape index (κ1) is 14.6. The molecular weight excluding hydrogens is 246 g/mol. The van der Waals surface area contributed by atoms with Gasteiger partial charge in [-0.2, -0.15) is 0 Å². The molecule has 0 aliphatic carbocycles. The second-order valence-electron chi connectivity index (χ2n) is 5.49.